The summed E-state index contributed by atoms with van der Waals surface area (Å²) < 4.78 is 49.8. The molecular weight excluding hydrogens is 380 g/mol. The highest BCUT2D eigenvalue weighted by molar-refractivity contribution is 7.48. The first-order valence-electron chi connectivity index (χ1n) is 8.18. The van der Waals surface area contributed by atoms with E-state index in [0.717, 1.165) is 0 Å². The zero-order valence-corrected chi connectivity index (χ0v) is 15.4. The standard InChI is InChI=1S/C15H17FN5O5P/c1-4-15-6-23-27(22,25-8(2)3)26-9(15)5-10(24-15)21-7-18-11-12(17)19-14(16)20-13(11)21/h1,7-10H,5-6H2,2-3H3,(H2,17,19,20)/t9-,10+,15+,27?/m0/s1. The van der Waals surface area contributed by atoms with Gasteiger partial charge in [0.1, 0.15) is 18.9 Å². The minimum Gasteiger partial charge on any atom is -0.382 e. The molecule has 2 aliphatic rings. The molecule has 0 aliphatic carbocycles. The van der Waals surface area contributed by atoms with E-state index in [1.54, 1.807) is 13.8 Å². The van der Waals surface area contributed by atoms with Crippen molar-refractivity contribution in [2.24, 2.45) is 0 Å². The summed E-state index contributed by atoms with van der Waals surface area (Å²) in [4.78, 5) is 11.3. The predicted octanol–water partition coefficient (Wildman–Crippen LogP) is 1.79. The van der Waals surface area contributed by atoms with E-state index >= 15 is 0 Å². The van der Waals surface area contributed by atoms with Gasteiger partial charge in [-0.1, -0.05) is 5.92 Å². The summed E-state index contributed by atoms with van der Waals surface area (Å²) in [6.07, 6.45) is 4.43. The van der Waals surface area contributed by atoms with Crippen molar-refractivity contribution in [3.8, 4) is 12.3 Å². The Bertz CT molecular complexity index is 991. The number of imidazole rings is 1. The second-order valence-electron chi connectivity index (χ2n) is 6.51. The Morgan fingerprint density at radius 1 is 1.56 bits per heavy atom. The number of phosphoric ester groups is 1. The molecule has 27 heavy (non-hydrogen) atoms. The summed E-state index contributed by atoms with van der Waals surface area (Å²) in [6.45, 7) is 3.24. The maximum atomic E-state index is 13.6. The monoisotopic (exact) mass is 397 g/mol. The summed E-state index contributed by atoms with van der Waals surface area (Å²) >= 11 is 0. The molecule has 0 bridgehead atoms. The average molecular weight is 397 g/mol. The Balaban J connectivity index is 1.67. The van der Waals surface area contributed by atoms with Gasteiger partial charge in [-0.15, -0.1) is 6.42 Å². The highest BCUT2D eigenvalue weighted by atomic mass is 31.2. The van der Waals surface area contributed by atoms with Crippen molar-refractivity contribution in [3.63, 3.8) is 0 Å². The second kappa shape index (κ2) is 6.22. The van der Waals surface area contributed by atoms with Gasteiger partial charge >= 0.3 is 13.9 Å². The lowest BCUT2D eigenvalue weighted by atomic mass is 9.99. The first-order chi connectivity index (χ1) is 12.8. The van der Waals surface area contributed by atoms with E-state index in [0.29, 0.717) is 0 Å². The molecule has 144 valence electrons. The third-order valence-electron chi connectivity index (χ3n) is 4.29. The quantitative estimate of drug-likeness (QED) is 0.469. The summed E-state index contributed by atoms with van der Waals surface area (Å²) in [7, 11) is -3.77. The predicted molar refractivity (Wildman–Crippen MR) is 90.6 cm³/mol. The first kappa shape index (κ1) is 18.3. The number of ether oxygens (including phenoxy) is 1. The summed E-state index contributed by atoms with van der Waals surface area (Å²) in [6, 6.07) is 0. The van der Waals surface area contributed by atoms with Crippen molar-refractivity contribution >= 4 is 24.8 Å². The number of hydrogen-bond donors (Lipinski definition) is 1. The largest absolute Gasteiger partial charge is 0.475 e. The minimum absolute atomic E-state index is 0.0901. The van der Waals surface area contributed by atoms with Gasteiger partial charge in [-0.3, -0.25) is 18.1 Å². The molecule has 2 saturated heterocycles. The number of nitrogens with zero attached hydrogens (tertiary/aromatic N) is 4. The van der Waals surface area contributed by atoms with Gasteiger partial charge in [-0.2, -0.15) is 14.4 Å². The molecule has 0 aromatic carbocycles. The Morgan fingerprint density at radius 3 is 3.04 bits per heavy atom. The van der Waals surface area contributed by atoms with E-state index in [9.17, 15) is 8.96 Å². The molecule has 2 fully saturated rings. The van der Waals surface area contributed by atoms with Crippen LogP contribution in [0.4, 0.5) is 10.2 Å². The molecule has 0 radical (unpaired) electrons. The lowest BCUT2D eigenvalue weighted by Crippen LogP contribution is -2.46. The third kappa shape index (κ3) is 2.99. The fraction of sp³-hybridized carbons (Fsp3) is 0.533. The number of phosphoric acid groups is 1. The molecule has 2 aromatic heterocycles. The fourth-order valence-corrected chi connectivity index (χ4v) is 4.74. The van der Waals surface area contributed by atoms with Gasteiger partial charge in [0.15, 0.2) is 22.6 Å². The van der Waals surface area contributed by atoms with E-state index in [2.05, 4.69) is 20.9 Å². The van der Waals surface area contributed by atoms with Crippen LogP contribution in [0.5, 0.6) is 0 Å². The number of nitrogens with two attached hydrogens (primary N) is 1. The second-order valence-corrected chi connectivity index (χ2v) is 8.09. The van der Waals surface area contributed by atoms with E-state index in [1.165, 1.54) is 10.9 Å². The zero-order valence-electron chi connectivity index (χ0n) is 14.5. The summed E-state index contributed by atoms with van der Waals surface area (Å²) in [5.74, 6) is 2.43. The Morgan fingerprint density at radius 2 is 2.33 bits per heavy atom. The number of terminal acetylenes is 1. The molecule has 0 amide bonds. The van der Waals surface area contributed by atoms with Gasteiger partial charge in [0.2, 0.25) is 0 Å². The average Bonchev–Trinajstić information content (AvgIpc) is 3.15. The third-order valence-corrected chi connectivity index (χ3v) is 5.93. The van der Waals surface area contributed by atoms with Crippen LogP contribution in [0.3, 0.4) is 0 Å². The van der Waals surface area contributed by atoms with Crippen LogP contribution in [0.15, 0.2) is 6.33 Å². The Labute approximate surface area is 153 Å². The van der Waals surface area contributed by atoms with E-state index in [-0.39, 0.29) is 36.1 Å². The van der Waals surface area contributed by atoms with Crippen molar-refractivity contribution in [3.05, 3.63) is 12.4 Å². The lowest BCUT2D eigenvalue weighted by molar-refractivity contribution is -0.114. The lowest BCUT2D eigenvalue weighted by Gasteiger charge is -2.36. The molecule has 1 unspecified atom stereocenters. The van der Waals surface area contributed by atoms with E-state index in [4.69, 9.17) is 30.5 Å². The van der Waals surface area contributed by atoms with Gasteiger partial charge in [-0.25, -0.2) is 9.55 Å². The minimum atomic E-state index is -3.77. The first-order valence-corrected chi connectivity index (χ1v) is 9.64. The molecule has 10 nitrogen and oxygen atoms in total. The van der Waals surface area contributed by atoms with Gasteiger partial charge in [-0.05, 0) is 13.8 Å². The molecule has 2 aromatic rings. The van der Waals surface area contributed by atoms with Crippen molar-refractivity contribution in [1.82, 2.24) is 19.5 Å². The number of aromatic nitrogens is 4. The maximum Gasteiger partial charge on any atom is 0.475 e. The van der Waals surface area contributed by atoms with Crippen LogP contribution in [0.1, 0.15) is 26.5 Å². The molecule has 0 spiro atoms. The van der Waals surface area contributed by atoms with Crippen LogP contribution < -0.4 is 5.73 Å². The molecule has 12 heteroatoms. The number of hydrogen-bond acceptors (Lipinski definition) is 9. The van der Waals surface area contributed by atoms with Crippen molar-refractivity contribution in [2.45, 2.75) is 44.3 Å². The van der Waals surface area contributed by atoms with Crippen LogP contribution in [-0.2, 0) is 22.9 Å². The van der Waals surface area contributed by atoms with Crippen LogP contribution in [0.25, 0.3) is 11.2 Å². The molecule has 4 heterocycles. The smallest absolute Gasteiger partial charge is 0.382 e. The van der Waals surface area contributed by atoms with E-state index < -0.39 is 31.8 Å². The summed E-state index contributed by atoms with van der Waals surface area (Å²) in [5.41, 5.74) is 4.79. The van der Waals surface area contributed by atoms with Crippen LogP contribution in [0, 0.1) is 18.4 Å². The van der Waals surface area contributed by atoms with Crippen LogP contribution >= 0.6 is 7.82 Å². The van der Waals surface area contributed by atoms with Crippen molar-refractivity contribution < 1.29 is 27.3 Å². The van der Waals surface area contributed by atoms with Crippen molar-refractivity contribution in [2.75, 3.05) is 12.3 Å². The van der Waals surface area contributed by atoms with Gasteiger partial charge in [0, 0.05) is 6.42 Å². The number of nitrogen functional groups attached to an aromatic ring is 1. The number of halogens is 1. The topological polar surface area (TPSA) is 124 Å². The number of fused-ring (bicyclic) bond motifs is 2. The summed E-state index contributed by atoms with van der Waals surface area (Å²) in [5, 5.41) is 0. The number of anilines is 1. The van der Waals surface area contributed by atoms with Crippen LogP contribution in [0.2, 0.25) is 0 Å². The molecule has 4 rings (SSSR count). The SMILES string of the molecule is C#C[C@@]12COP(=O)(OC(C)C)O[C@H]1C[C@H](n1cnc3c(N)nc(F)nc31)O2. The molecule has 4 atom stereocenters. The fourth-order valence-electron chi connectivity index (χ4n) is 3.13. The Hall–Kier alpha value is -2.09. The normalized spacial score (nSPS) is 33.3. The zero-order chi connectivity index (χ0) is 19.4. The molecule has 0 saturated carbocycles. The highest BCUT2D eigenvalue weighted by Crippen LogP contribution is 2.60. The molecule has 2 aliphatic heterocycles. The van der Waals surface area contributed by atoms with Crippen LogP contribution in [-0.4, -0.2) is 43.9 Å². The van der Waals surface area contributed by atoms with E-state index in [1.807, 2.05) is 0 Å². The van der Waals surface area contributed by atoms with Gasteiger partial charge < -0.3 is 10.5 Å². The molecular formula is C15H17FN5O5P. The van der Waals surface area contributed by atoms with Crippen molar-refractivity contribution in [1.29, 1.82) is 0 Å². The number of rotatable bonds is 3. The molecule has 2 N–H and O–H groups in total. The highest BCUT2D eigenvalue weighted by Gasteiger charge is 2.57. The van der Waals surface area contributed by atoms with Gasteiger partial charge in [0.05, 0.1) is 12.4 Å². The maximum absolute atomic E-state index is 13.6. The Kier molecular flexibility index (Phi) is 4.21. The van der Waals surface area contributed by atoms with Gasteiger partial charge in [0.25, 0.3) is 0 Å².